The smallest absolute Gasteiger partial charge is 0.341 e. The van der Waals surface area contributed by atoms with Gasteiger partial charge < -0.3 is 20.7 Å². The molecule has 0 fully saturated rings. The van der Waals surface area contributed by atoms with Crippen LogP contribution in [0.1, 0.15) is 38.1 Å². The summed E-state index contributed by atoms with van der Waals surface area (Å²) >= 11 is 7.15. The van der Waals surface area contributed by atoms with Gasteiger partial charge in [-0.1, -0.05) is 23.7 Å². The predicted molar refractivity (Wildman–Crippen MR) is 104 cm³/mol. The molecule has 0 radical (unpaired) electrons. The number of halogens is 1. The Morgan fingerprint density at radius 1 is 1.35 bits per heavy atom. The van der Waals surface area contributed by atoms with Gasteiger partial charge in [-0.15, -0.1) is 11.3 Å². The molecule has 0 spiro atoms. The summed E-state index contributed by atoms with van der Waals surface area (Å²) in [5.74, 6) is -0.759. The van der Waals surface area contributed by atoms with E-state index in [-0.39, 0.29) is 12.5 Å². The van der Waals surface area contributed by atoms with E-state index in [0.717, 1.165) is 21.8 Å². The number of amides is 1. The van der Waals surface area contributed by atoms with Crippen LogP contribution in [0.5, 0.6) is 0 Å². The van der Waals surface area contributed by atoms with E-state index in [2.05, 4.69) is 5.32 Å². The van der Waals surface area contributed by atoms with Crippen molar-refractivity contribution in [3.8, 4) is 0 Å². The fourth-order valence-electron chi connectivity index (χ4n) is 2.74. The maximum Gasteiger partial charge on any atom is 0.341 e. The van der Waals surface area contributed by atoms with Gasteiger partial charge in [-0.2, -0.15) is 0 Å². The molecule has 0 aliphatic carbocycles. The highest BCUT2D eigenvalue weighted by atomic mass is 35.5. The SMILES string of the molecule is CCOC(=O)c1c(N)sc(C(=O)NC)c1C[NH+](C)Cc1cccc(Cl)c1. The predicted octanol–water partition coefficient (Wildman–Crippen LogP) is 1.73. The normalized spacial score (nSPS) is 11.8. The van der Waals surface area contributed by atoms with Gasteiger partial charge in [-0.05, 0) is 19.1 Å². The zero-order chi connectivity index (χ0) is 19.3. The molecule has 0 bridgehead atoms. The third-order valence-corrected chi connectivity index (χ3v) is 5.12. The second kappa shape index (κ2) is 9.02. The number of hydrogen-bond donors (Lipinski definition) is 3. The van der Waals surface area contributed by atoms with Crippen LogP contribution in [0.15, 0.2) is 24.3 Å². The maximum atomic E-state index is 12.3. The Morgan fingerprint density at radius 3 is 2.69 bits per heavy atom. The van der Waals surface area contributed by atoms with E-state index in [9.17, 15) is 9.59 Å². The zero-order valence-corrected chi connectivity index (χ0v) is 16.6. The van der Waals surface area contributed by atoms with Crippen molar-refractivity contribution in [3.05, 3.63) is 50.9 Å². The fourth-order valence-corrected chi connectivity index (χ4v) is 3.97. The van der Waals surface area contributed by atoms with E-state index in [1.54, 1.807) is 14.0 Å². The van der Waals surface area contributed by atoms with Crippen LogP contribution in [-0.2, 0) is 17.8 Å². The number of nitrogens with two attached hydrogens (primary N) is 1. The largest absolute Gasteiger partial charge is 0.462 e. The van der Waals surface area contributed by atoms with E-state index in [1.165, 1.54) is 0 Å². The number of thiophene rings is 1. The molecule has 1 heterocycles. The Balaban J connectivity index is 2.32. The van der Waals surface area contributed by atoms with Gasteiger partial charge in [0.1, 0.15) is 28.5 Å². The molecule has 26 heavy (non-hydrogen) atoms. The third-order valence-electron chi connectivity index (χ3n) is 3.82. The van der Waals surface area contributed by atoms with Gasteiger partial charge in [-0.25, -0.2) is 4.79 Å². The van der Waals surface area contributed by atoms with Crippen LogP contribution in [0.25, 0.3) is 0 Å². The lowest BCUT2D eigenvalue weighted by Crippen LogP contribution is -3.06. The molecule has 6 nitrogen and oxygen atoms in total. The summed E-state index contributed by atoms with van der Waals surface area (Å²) in [4.78, 5) is 26.1. The number of quaternary nitrogens is 1. The van der Waals surface area contributed by atoms with Crippen molar-refractivity contribution in [3.63, 3.8) is 0 Å². The standard InChI is InChI=1S/C18H22ClN3O3S/c1-4-25-18(24)14-13(15(17(23)21-2)26-16(14)20)10-22(3)9-11-6-5-7-12(19)8-11/h5-8H,4,9-10,20H2,1-3H3,(H,21,23)/p+1. The lowest BCUT2D eigenvalue weighted by Gasteiger charge is -2.16. The molecular weight excluding hydrogens is 374 g/mol. The van der Waals surface area contributed by atoms with E-state index < -0.39 is 5.97 Å². The van der Waals surface area contributed by atoms with Crippen molar-refractivity contribution < 1.29 is 19.2 Å². The van der Waals surface area contributed by atoms with Gasteiger partial charge in [-0.3, -0.25) is 4.79 Å². The Kier molecular flexibility index (Phi) is 7.02. The Hall–Kier alpha value is -2.09. The first-order valence-corrected chi connectivity index (χ1v) is 9.42. The van der Waals surface area contributed by atoms with Crippen molar-refractivity contribution in [1.29, 1.82) is 0 Å². The summed E-state index contributed by atoms with van der Waals surface area (Å²) < 4.78 is 5.12. The fraction of sp³-hybridized carbons (Fsp3) is 0.333. The average Bonchev–Trinajstić information content (AvgIpc) is 2.90. The molecule has 0 aliphatic rings. The minimum Gasteiger partial charge on any atom is -0.462 e. The molecule has 0 saturated heterocycles. The molecule has 1 aromatic heterocycles. The first kappa shape index (κ1) is 20.2. The van der Waals surface area contributed by atoms with Gasteiger partial charge in [0.05, 0.1) is 13.7 Å². The number of nitrogen functional groups attached to an aromatic ring is 1. The van der Waals surface area contributed by atoms with Crippen molar-refractivity contribution in [2.75, 3.05) is 26.4 Å². The molecule has 1 atom stereocenters. The molecule has 1 unspecified atom stereocenters. The Morgan fingerprint density at radius 2 is 2.08 bits per heavy atom. The van der Waals surface area contributed by atoms with E-state index in [4.69, 9.17) is 22.1 Å². The number of carbonyl (C=O) groups excluding carboxylic acids is 2. The molecular formula is C18H23ClN3O3S+. The van der Waals surface area contributed by atoms with Crippen LogP contribution in [0.4, 0.5) is 5.00 Å². The highest BCUT2D eigenvalue weighted by Crippen LogP contribution is 2.31. The number of rotatable bonds is 7. The summed E-state index contributed by atoms with van der Waals surface area (Å²) in [6.07, 6.45) is 0. The monoisotopic (exact) mass is 396 g/mol. The van der Waals surface area contributed by atoms with Crippen LogP contribution < -0.4 is 16.0 Å². The highest BCUT2D eigenvalue weighted by molar-refractivity contribution is 7.18. The number of benzene rings is 1. The second-order valence-corrected chi connectivity index (χ2v) is 7.38. The van der Waals surface area contributed by atoms with Gasteiger partial charge in [0.2, 0.25) is 0 Å². The van der Waals surface area contributed by atoms with E-state index >= 15 is 0 Å². The third kappa shape index (κ3) is 4.75. The van der Waals surface area contributed by atoms with Crippen LogP contribution in [-0.4, -0.2) is 32.6 Å². The van der Waals surface area contributed by atoms with Crippen molar-refractivity contribution in [2.24, 2.45) is 0 Å². The molecule has 8 heteroatoms. The molecule has 4 N–H and O–H groups in total. The first-order valence-electron chi connectivity index (χ1n) is 8.23. The number of nitrogens with one attached hydrogen (secondary N) is 2. The van der Waals surface area contributed by atoms with Crippen molar-refractivity contribution in [1.82, 2.24) is 5.32 Å². The van der Waals surface area contributed by atoms with Gasteiger partial charge in [0, 0.05) is 23.2 Å². The molecule has 1 amide bonds. The minimum absolute atomic E-state index is 0.244. The Labute approximate surface area is 161 Å². The van der Waals surface area contributed by atoms with Crippen LogP contribution in [0, 0.1) is 0 Å². The molecule has 2 rings (SSSR count). The summed E-state index contributed by atoms with van der Waals surface area (Å²) in [6, 6.07) is 7.61. The Bertz CT molecular complexity index is 807. The van der Waals surface area contributed by atoms with Crippen molar-refractivity contribution in [2.45, 2.75) is 20.0 Å². The van der Waals surface area contributed by atoms with E-state index in [0.29, 0.717) is 39.1 Å². The lowest BCUT2D eigenvalue weighted by molar-refractivity contribution is -0.907. The maximum absolute atomic E-state index is 12.3. The second-order valence-electron chi connectivity index (χ2n) is 5.89. The zero-order valence-electron chi connectivity index (χ0n) is 15.0. The first-order chi connectivity index (χ1) is 12.4. The molecule has 140 valence electrons. The minimum atomic E-state index is -0.498. The summed E-state index contributed by atoms with van der Waals surface area (Å²) in [5, 5.41) is 3.57. The number of ether oxygens (including phenoxy) is 1. The van der Waals surface area contributed by atoms with Gasteiger partial charge in [0.15, 0.2) is 0 Å². The molecule has 1 aromatic carbocycles. The van der Waals surface area contributed by atoms with Gasteiger partial charge >= 0.3 is 5.97 Å². The number of hydrogen-bond acceptors (Lipinski definition) is 5. The summed E-state index contributed by atoms with van der Waals surface area (Å²) in [5.41, 5.74) is 8.00. The number of carbonyl (C=O) groups is 2. The number of anilines is 1. The summed E-state index contributed by atoms with van der Waals surface area (Å²) in [6.45, 7) is 3.12. The average molecular weight is 397 g/mol. The lowest BCUT2D eigenvalue weighted by atomic mass is 10.1. The van der Waals surface area contributed by atoms with Crippen LogP contribution >= 0.6 is 22.9 Å². The quantitative estimate of drug-likeness (QED) is 0.622. The molecule has 2 aromatic rings. The number of esters is 1. The molecule has 0 saturated carbocycles. The molecule has 0 aliphatic heterocycles. The topological polar surface area (TPSA) is 85.9 Å². The van der Waals surface area contributed by atoms with Crippen LogP contribution in [0.2, 0.25) is 5.02 Å². The highest BCUT2D eigenvalue weighted by Gasteiger charge is 2.28. The van der Waals surface area contributed by atoms with Gasteiger partial charge in [0.25, 0.3) is 5.91 Å². The van der Waals surface area contributed by atoms with Crippen molar-refractivity contribution >= 4 is 39.8 Å². The van der Waals surface area contributed by atoms with E-state index in [1.807, 2.05) is 31.3 Å². The van der Waals surface area contributed by atoms with Crippen LogP contribution in [0.3, 0.4) is 0 Å². The summed E-state index contributed by atoms with van der Waals surface area (Å²) in [7, 11) is 3.53.